The topological polar surface area (TPSA) is 168 Å². The molecule has 1 rings (SSSR count). The van der Waals surface area contributed by atoms with Crippen LogP contribution in [0.4, 0.5) is 0 Å². The zero-order valence-corrected chi connectivity index (χ0v) is 12.0. The van der Waals surface area contributed by atoms with Crippen molar-refractivity contribution in [3.63, 3.8) is 0 Å². The van der Waals surface area contributed by atoms with Crippen molar-refractivity contribution in [2.75, 3.05) is 23.9 Å². The smallest absolute Gasteiger partial charge is 0.218 e. The second kappa shape index (κ2) is 7.33. The maximum Gasteiger partial charge on any atom is 0.218 e. The molecule has 1 fully saturated rings. The fourth-order valence-electron chi connectivity index (χ4n) is 1.86. The average Bonchev–Trinajstić information content (AvgIpc) is 2.31. The summed E-state index contributed by atoms with van der Waals surface area (Å²) in [4.78, 5) is 0. The van der Waals surface area contributed by atoms with Crippen molar-refractivity contribution in [3.8, 4) is 0 Å². The Morgan fingerprint density at radius 3 is 2.15 bits per heavy atom. The molecule has 0 aromatic rings. The van der Waals surface area contributed by atoms with Gasteiger partial charge in [-0.15, -0.1) is 0 Å². The third-order valence-electron chi connectivity index (χ3n) is 2.86. The Morgan fingerprint density at radius 1 is 1.25 bits per heavy atom. The van der Waals surface area contributed by atoms with Gasteiger partial charge in [-0.3, -0.25) is 4.18 Å². The summed E-state index contributed by atoms with van der Waals surface area (Å²) < 4.78 is 35.3. The molecule has 0 saturated carbocycles. The highest BCUT2D eigenvalue weighted by molar-refractivity contribution is 7.97. The lowest BCUT2D eigenvalue weighted by atomic mass is 10.1. The lowest BCUT2D eigenvalue weighted by Gasteiger charge is -2.30. The predicted octanol–water partition coefficient (Wildman–Crippen LogP) is -4.10. The van der Waals surface area contributed by atoms with E-state index in [1.54, 1.807) is 0 Å². The first kappa shape index (κ1) is 18.1. The first-order valence-electron chi connectivity index (χ1n) is 5.75. The molecular weight excluding hydrogens is 316 g/mol. The van der Waals surface area contributed by atoms with Gasteiger partial charge in [0.1, 0.15) is 47.8 Å². The van der Waals surface area contributed by atoms with Crippen LogP contribution in [-0.4, -0.2) is 92.9 Å². The molecule has 0 spiro atoms. The molecule has 1 saturated heterocycles. The quantitative estimate of drug-likeness (QED) is 0.184. The fourth-order valence-corrected chi connectivity index (χ4v) is 4.82. The first-order chi connectivity index (χ1) is 9.14. The SMILES string of the molecule is O=S(=O)([O-])O[C@H](CO)[C@@H](O)C[S+]1CC(O)C(O)[C@H](O)C1. The molecule has 1 heterocycles. The van der Waals surface area contributed by atoms with E-state index in [0.717, 1.165) is 0 Å². The third-order valence-corrected chi connectivity index (χ3v) is 5.78. The number of hydrogen-bond donors (Lipinski definition) is 5. The zero-order chi connectivity index (χ0) is 15.5. The van der Waals surface area contributed by atoms with Gasteiger partial charge in [0.2, 0.25) is 10.4 Å². The van der Waals surface area contributed by atoms with Gasteiger partial charge < -0.3 is 30.1 Å². The Balaban J connectivity index is 2.58. The molecular formula is C9H18O9S2. The third kappa shape index (κ3) is 5.42. The van der Waals surface area contributed by atoms with Crippen LogP contribution in [0.5, 0.6) is 0 Å². The lowest BCUT2D eigenvalue weighted by Crippen LogP contribution is -2.53. The Morgan fingerprint density at radius 2 is 1.75 bits per heavy atom. The van der Waals surface area contributed by atoms with E-state index < -0.39 is 58.4 Å². The van der Waals surface area contributed by atoms with Crippen molar-refractivity contribution in [3.05, 3.63) is 0 Å². The molecule has 1 aliphatic rings. The van der Waals surface area contributed by atoms with Crippen LogP contribution < -0.4 is 0 Å². The minimum atomic E-state index is -5.06. The van der Waals surface area contributed by atoms with Gasteiger partial charge in [-0.25, -0.2) is 8.42 Å². The molecule has 0 aromatic heterocycles. The highest BCUT2D eigenvalue weighted by Gasteiger charge is 2.42. The molecule has 0 aromatic carbocycles. The Hall–Kier alpha value is 0.0200. The van der Waals surface area contributed by atoms with Gasteiger partial charge in [-0.2, -0.15) is 0 Å². The molecule has 3 unspecified atom stereocenters. The van der Waals surface area contributed by atoms with Crippen LogP contribution in [0.3, 0.4) is 0 Å². The monoisotopic (exact) mass is 334 g/mol. The van der Waals surface area contributed by atoms with Crippen molar-refractivity contribution in [1.82, 2.24) is 0 Å². The Bertz CT molecular complexity index is 388. The second-order valence-corrected chi connectivity index (χ2v) is 7.76. The van der Waals surface area contributed by atoms with Crippen molar-refractivity contribution in [2.45, 2.75) is 30.5 Å². The molecule has 20 heavy (non-hydrogen) atoms. The number of hydrogen-bond acceptors (Lipinski definition) is 9. The predicted molar refractivity (Wildman–Crippen MR) is 67.6 cm³/mol. The van der Waals surface area contributed by atoms with Crippen molar-refractivity contribution in [2.24, 2.45) is 0 Å². The van der Waals surface area contributed by atoms with Crippen molar-refractivity contribution < 1.29 is 42.7 Å². The number of aliphatic hydroxyl groups is 5. The molecule has 0 radical (unpaired) electrons. The Labute approximate surface area is 119 Å². The number of rotatable bonds is 6. The summed E-state index contributed by atoms with van der Waals surface area (Å²) in [5.41, 5.74) is 0. The largest absolute Gasteiger partial charge is 0.726 e. The molecule has 1 aliphatic heterocycles. The summed E-state index contributed by atoms with van der Waals surface area (Å²) in [6.45, 7) is -0.867. The van der Waals surface area contributed by atoms with Crippen molar-refractivity contribution in [1.29, 1.82) is 0 Å². The van der Waals surface area contributed by atoms with E-state index in [1.807, 2.05) is 0 Å². The van der Waals surface area contributed by atoms with E-state index in [-0.39, 0.29) is 17.3 Å². The molecule has 120 valence electrons. The van der Waals surface area contributed by atoms with Gasteiger partial charge >= 0.3 is 0 Å². The molecule has 0 aliphatic carbocycles. The molecule has 6 atom stereocenters. The van der Waals surface area contributed by atoms with E-state index in [4.69, 9.17) is 5.11 Å². The minimum Gasteiger partial charge on any atom is -0.726 e. The minimum absolute atomic E-state index is 0.0679. The molecule has 11 heteroatoms. The van der Waals surface area contributed by atoms with Gasteiger partial charge in [0, 0.05) is 0 Å². The lowest BCUT2D eigenvalue weighted by molar-refractivity contribution is -0.0456. The van der Waals surface area contributed by atoms with Crippen LogP contribution in [-0.2, 0) is 25.5 Å². The van der Waals surface area contributed by atoms with Gasteiger partial charge in [0.05, 0.1) is 6.61 Å². The summed E-state index contributed by atoms with van der Waals surface area (Å²) in [7, 11) is -5.76. The number of aliphatic hydroxyl groups excluding tert-OH is 5. The van der Waals surface area contributed by atoms with Gasteiger partial charge in [-0.1, -0.05) is 0 Å². The van der Waals surface area contributed by atoms with Crippen LogP contribution >= 0.6 is 0 Å². The zero-order valence-electron chi connectivity index (χ0n) is 10.4. The molecule has 0 bridgehead atoms. The van der Waals surface area contributed by atoms with E-state index in [2.05, 4.69) is 4.18 Å². The van der Waals surface area contributed by atoms with E-state index in [1.165, 1.54) is 0 Å². The summed E-state index contributed by atoms with van der Waals surface area (Å²) in [5, 5.41) is 47.0. The summed E-state index contributed by atoms with van der Waals surface area (Å²) in [6.07, 6.45) is -6.59. The van der Waals surface area contributed by atoms with Gasteiger partial charge in [0.25, 0.3) is 0 Å². The molecule has 9 nitrogen and oxygen atoms in total. The highest BCUT2D eigenvalue weighted by Crippen LogP contribution is 2.18. The summed E-state index contributed by atoms with van der Waals surface area (Å²) in [6, 6.07) is 0. The van der Waals surface area contributed by atoms with Crippen LogP contribution in [0.15, 0.2) is 0 Å². The van der Waals surface area contributed by atoms with Crippen LogP contribution in [0.2, 0.25) is 0 Å². The fraction of sp³-hybridized carbons (Fsp3) is 1.00. The van der Waals surface area contributed by atoms with Crippen LogP contribution in [0.25, 0.3) is 0 Å². The highest BCUT2D eigenvalue weighted by atomic mass is 32.3. The molecule has 0 amide bonds. The standard InChI is InChI=1S/C9H18O9S2/c10-1-8(18-20(15,16)17)5(11)2-19-3-6(12)9(14)7(13)4-19/h5-14H,1-4H2/t5-,6+,7?,8+,9?,19?/m0/s1. The summed E-state index contributed by atoms with van der Waals surface area (Å²) in [5.74, 6) is 0.177. The Kier molecular flexibility index (Phi) is 6.63. The van der Waals surface area contributed by atoms with E-state index >= 15 is 0 Å². The van der Waals surface area contributed by atoms with Gasteiger partial charge in [-0.05, 0) is 10.9 Å². The van der Waals surface area contributed by atoms with E-state index in [0.29, 0.717) is 0 Å². The first-order valence-corrected chi connectivity index (χ1v) is 8.82. The summed E-state index contributed by atoms with van der Waals surface area (Å²) >= 11 is 0. The van der Waals surface area contributed by atoms with E-state index in [9.17, 15) is 33.4 Å². The van der Waals surface area contributed by atoms with Crippen LogP contribution in [0.1, 0.15) is 0 Å². The van der Waals surface area contributed by atoms with Crippen molar-refractivity contribution >= 4 is 21.3 Å². The maximum atomic E-state index is 10.4. The second-order valence-electron chi connectivity index (χ2n) is 4.53. The maximum absolute atomic E-state index is 10.4. The van der Waals surface area contributed by atoms with Gasteiger partial charge in [0.15, 0.2) is 0 Å². The normalized spacial score (nSPS) is 34.7. The average molecular weight is 334 g/mol. The van der Waals surface area contributed by atoms with Crippen LogP contribution in [0, 0.1) is 0 Å². The molecule has 5 N–H and O–H groups in total.